The summed E-state index contributed by atoms with van der Waals surface area (Å²) in [6.45, 7) is 4.94. The Morgan fingerprint density at radius 1 is 0.307 bits per heavy atom. The van der Waals surface area contributed by atoms with E-state index in [1.165, 1.54) is 84.6 Å². The summed E-state index contributed by atoms with van der Waals surface area (Å²) in [5.74, 6) is 0. The second-order valence-electron chi connectivity index (χ2n) is 19.1. The fourth-order valence-corrected chi connectivity index (χ4v) is 10.7. The van der Waals surface area contributed by atoms with Crippen LogP contribution in [0.15, 0.2) is 86.9 Å². The van der Waals surface area contributed by atoms with Crippen LogP contribution in [0.2, 0.25) is 0 Å². The number of rotatable bonds is 14. The van der Waals surface area contributed by atoms with Crippen LogP contribution < -0.4 is 44.5 Å². The van der Waals surface area contributed by atoms with E-state index in [1.54, 1.807) is 0 Å². The van der Waals surface area contributed by atoms with E-state index >= 15 is 0 Å². The summed E-state index contributed by atoms with van der Waals surface area (Å²) >= 11 is 0. The van der Waals surface area contributed by atoms with Gasteiger partial charge in [-0.3, -0.25) is 56.6 Å². The van der Waals surface area contributed by atoms with Gasteiger partial charge in [0.1, 0.15) is 24.3 Å². The molecule has 0 aliphatic heterocycles. The highest BCUT2D eigenvalue weighted by atomic mass is 16.2. The summed E-state index contributed by atoms with van der Waals surface area (Å²) in [6, 6.07) is 20.5. The molecule has 0 bridgehead atoms. The molecule has 6 aromatic carbocycles. The van der Waals surface area contributed by atoms with Crippen LogP contribution >= 0.6 is 0 Å². The summed E-state index contributed by atoms with van der Waals surface area (Å²) in [7, 11) is 2.72. The van der Waals surface area contributed by atoms with Crippen molar-refractivity contribution in [2.45, 2.75) is 111 Å². The number of aromatic nitrogens is 4. The molecule has 0 amide bonds. The largest absolute Gasteiger partial charge is 0.277 e. The van der Waals surface area contributed by atoms with Gasteiger partial charge in [-0.15, -0.1) is 0 Å². The molecule has 4 aromatic heterocycles. The number of unbranched alkanes of at least 4 members (excludes halogenated alkanes) is 10. The average molecular weight is 1000 g/mol. The van der Waals surface area contributed by atoms with Crippen molar-refractivity contribution in [2.75, 3.05) is 0 Å². The molecule has 0 saturated heterocycles. The van der Waals surface area contributed by atoms with Crippen molar-refractivity contribution in [1.82, 2.24) is 18.3 Å². The normalized spacial score (nSPS) is 11.4. The lowest BCUT2D eigenvalue weighted by molar-refractivity contribution is 0.547. The first-order valence-electron chi connectivity index (χ1n) is 24.9. The lowest BCUT2D eigenvalue weighted by Gasteiger charge is -2.09. The van der Waals surface area contributed by atoms with Crippen molar-refractivity contribution in [3.63, 3.8) is 0 Å². The molecule has 75 heavy (non-hydrogen) atoms. The maximum Gasteiger partial charge on any atom is 0.261 e. The van der Waals surface area contributed by atoms with Crippen LogP contribution in [0.25, 0.3) is 86.2 Å². The number of nitrogens with zero attached hydrogens (tertiary/aromatic N) is 8. The molecule has 0 atom stereocenters. The zero-order valence-corrected chi connectivity index (χ0v) is 41.4. The average Bonchev–Trinajstić information content (AvgIpc) is 4.00. The first-order chi connectivity index (χ1) is 35.7. The topological polar surface area (TPSA) is 251 Å². The predicted octanol–water partition coefficient (Wildman–Crippen LogP) is 8.36. The number of hydrogen-bond acceptors (Lipinski definition) is 12. The Balaban J connectivity index is 0.000000210. The first kappa shape index (κ1) is 52.2. The summed E-state index contributed by atoms with van der Waals surface area (Å²) in [5, 5.41) is 44.6. The summed E-state index contributed by atoms with van der Waals surface area (Å²) in [5.41, 5.74) is -2.84. The highest BCUT2D eigenvalue weighted by Gasteiger charge is 2.24. The molecule has 376 valence electrons. The Labute approximate surface area is 427 Å². The van der Waals surface area contributed by atoms with E-state index < -0.39 is 44.5 Å². The first-order valence-corrected chi connectivity index (χ1v) is 24.9. The minimum Gasteiger partial charge on any atom is -0.277 e. The molecular formula is C59H52N8O8. The van der Waals surface area contributed by atoms with Crippen LogP contribution in [-0.2, 0) is 27.2 Å². The van der Waals surface area contributed by atoms with E-state index in [2.05, 4.69) is 38.1 Å². The lowest BCUT2D eigenvalue weighted by Crippen LogP contribution is -2.25. The van der Waals surface area contributed by atoms with E-state index in [9.17, 15) is 59.4 Å². The smallest absolute Gasteiger partial charge is 0.261 e. The van der Waals surface area contributed by atoms with Crippen LogP contribution in [0.5, 0.6) is 0 Å². The maximum absolute atomic E-state index is 13.3. The fourth-order valence-electron chi connectivity index (χ4n) is 10.7. The van der Waals surface area contributed by atoms with E-state index in [-0.39, 0.29) is 72.8 Å². The van der Waals surface area contributed by atoms with Crippen molar-refractivity contribution in [3.8, 4) is 24.3 Å². The molecule has 0 aliphatic rings. The summed E-state index contributed by atoms with van der Waals surface area (Å²) in [4.78, 5) is 103. The second-order valence-corrected chi connectivity index (χ2v) is 19.1. The van der Waals surface area contributed by atoms with Gasteiger partial charge in [0.15, 0.2) is 0 Å². The highest BCUT2D eigenvalue weighted by molar-refractivity contribution is 6.17. The third kappa shape index (κ3) is 8.39. The fraction of sp³-hybridized carbons (Fsp3) is 0.322. The summed E-state index contributed by atoms with van der Waals surface area (Å²) in [6.07, 6.45) is 12.3. The Morgan fingerprint density at radius 2 is 0.493 bits per heavy atom. The van der Waals surface area contributed by atoms with Gasteiger partial charge < -0.3 is 0 Å². The van der Waals surface area contributed by atoms with Crippen LogP contribution in [-0.4, -0.2) is 18.3 Å². The van der Waals surface area contributed by atoms with E-state index in [0.717, 1.165) is 73.3 Å². The molecule has 10 aromatic rings. The van der Waals surface area contributed by atoms with Gasteiger partial charge in [-0.25, -0.2) is 0 Å². The predicted molar refractivity (Wildman–Crippen MR) is 294 cm³/mol. The van der Waals surface area contributed by atoms with Crippen molar-refractivity contribution in [3.05, 3.63) is 154 Å². The standard InChI is InChI=1S/C36H38N4O4.C22H10N4O4.CH4/c1-3-5-7-9-11-13-15-39-33(41)27-17-23-24(18-28(27)34(39)42)32(22-38)26-20-30-29(19-25(26)31(23)21-37)35(43)40(36(30)44)16-14-12-10-8-6-4-2;1-25-19(27)13-3-9-10(4-14(13)20(25)28)18(8-24)12-6-16-15(5-11(12)17(9)7-23)21(29)26(2)22(16)30;/h17-20H,3-16H2,1-2H3;3-6H,1-2H3;1H4. The minimum atomic E-state index is -0.490. The molecule has 0 spiro atoms. The van der Waals surface area contributed by atoms with Crippen molar-refractivity contribution in [2.24, 2.45) is 14.1 Å². The van der Waals surface area contributed by atoms with Crippen LogP contribution in [0.3, 0.4) is 0 Å². The zero-order chi connectivity index (χ0) is 52.9. The molecule has 4 heterocycles. The molecule has 0 unspecified atom stereocenters. The summed E-state index contributed by atoms with van der Waals surface area (Å²) < 4.78 is 4.46. The molecular weight excluding hydrogens is 949 g/mol. The van der Waals surface area contributed by atoms with Gasteiger partial charge in [0.2, 0.25) is 0 Å². The van der Waals surface area contributed by atoms with Gasteiger partial charge in [-0.1, -0.05) is 85.5 Å². The Kier molecular flexibility index (Phi) is 14.5. The van der Waals surface area contributed by atoms with Gasteiger partial charge in [-0.05, 0) is 61.4 Å². The zero-order valence-electron chi connectivity index (χ0n) is 41.4. The van der Waals surface area contributed by atoms with E-state index in [4.69, 9.17) is 0 Å². The van der Waals surface area contributed by atoms with E-state index in [0.29, 0.717) is 56.2 Å². The quantitative estimate of drug-likeness (QED) is 0.0736. The number of benzene rings is 6. The number of hydrogen-bond donors (Lipinski definition) is 0. The monoisotopic (exact) mass is 1000 g/mol. The molecule has 0 aliphatic carbocycles. The van der Waals surface area contributed by atoms with Gasteiger partial charge in [0, 0.05) is 70.3 Å². The lowest BCUT2D eigenvalue weighted by atomic mass is 9.90. The number of fused-ring (bicyclic) bond motifs is 8. The molecule has 16 heteroatoms. The van der Waals surface area contributed by atoms with Crippen molar-refractivity contribution < 1.29 is 0 Å². The Bertz CT molecular complexity index is 4140. The second kappa shape index (κ2) is 20.8. The molecule has 0 fully saturated rings. The van der Waals surface area contributed by atoms with E-state index in [1.807, 2.05) is 0 Å². The third-order valence-electron chi connectivity index (χ3n) is 14.7. The van der Waals surface area contributed by atoms with Crippen molar-refractivity contribution >= 4 is 86.2 Å². The molecule has 16 nitrogen and oxygen atoms in total. The Hall–Kier alpha value is -9.12. The minimum absolute atomic E-state index is 0. The van der Waals surface area contributed by atoms with Crippen molar-refractivity contribution in [1.29, 1.82) is 21.0 Å². The molecule has 10 rings (SSSR count). The molecule has 0 N–H and O–H groups in total. The van der Waals surface area contributed by atoms with Crippen LogP contribution in [0.4, 0.5) is 0 Å². The highest BCUT2D eigenvalue weighted by Crippen LogP contribution is 2.37. The van der Waals surface area contributed by atoms with Crippen LogP contribution in [0, 0.1) is 45.3 Å². The Morgan fingerprint density at radius 3 is 0.693 bits per heavy atom. The van der Waals surface area contributed by atoms with Gasteiger partial charge >= 0.3 is 0 Å². The van der Waals surface area contributed by atoms with Gasteiger partial charge in [-0.2, -0.15) is 21.0 Å². The number of nitriles is 4. The third-order valence-corrected chi connectivity index (χ3v) is 14.7. The molecule has 0 saturated carbocycles. The molecule has 0 radical (unpaired) electrons. The SMILES string of the molecule is C.CCCCCCCCn1c(=O)c2cc3c(C#N)c4cc5c(=O)n(CCCCCCCC)c(=O)c5cc4c(C#N)c3cc2c1=O.Cn1c(=O)c2cc3c(C#N)c4cc5c(=O)n(C)c(=O)c5cc4c(C#N)c3cc2c1=O. The maximum atomic E-state index is 13.3. The van der Waals surface area contributed by atoms with Gasteiger partial charge in [0.05, 0.1) is 65.3 Å². The van der Waals surface area contributed by atoms with Crippen LogP contribution in [0.1, 0.15) is 121 Å². The van der Waals surface area contributed by atoms with Gasteiger partial charge in [0.25, 0.3) is 44.5 Å².